The van der Waals surface area contributed by atoms with Crippen LogP contribution in [0.4, 0.5) is 0 Å². The third-order valence-electron chi connectivity index (χ3n) is 13.0. The fourth-order valence-electron chi connectivity index (χ4n) is 9.75. The van der Waals surface area contributed by atoms with Crippen molar-refractivity contribution >= 4 is 44.6 Å². The second-order valence-electron chi connectivity index (χ2n) is 18.1. The molecule has 0 radical (unpaired) electrons. The Hall–Kier alpha value is -6.84. The highest BCUT2D eigenvalue weighted by Gasteiger charge is 2.41. The van der Waals surface area contributed by atoms with Gasteiger partial charge >= 0.3 is 0 Å². The highest BCUT2D eigenvalue weighted by molar-refractivity contribution is 6.98. The van der Waals surface area contributed by atoms with Crippen LogP contribution in [0.5, 0.6) is 23.0 Å². The van der Waals surface area contributed by atoms with Gasteiger partial charge in [-0.05, 0) is 118 Å². The van der Waals surface area contributed by atoms with Gasteiger partial charge in [0.25, 0.3) is 6.71 Å². The van der Waals surface area contributed by atoms with Crippen molar-refractivity contribution in [2.75, 3.05) is 0 Å². The Morgan fingerprint density at radius 2 is 0.850 bits per heavy atom. The first-order valence-corrected chi connectivity index (χ1v) is 21.1. The maximum Gasteiger partial charge on any atom is 0.260 e. The van der Waals surface area contributed by atoms with Gasteiger partial charge in [-0.1, -0.05) is 186 Å². The van der Waals surface area contributed by atoms with Gasteiger partial charge in [0.2, 0.25) is 0 Å². The minimum atomic E-state index is -0.302. The van der Waals surface area contributed by atoms with E-state index in [0.717, 1.165) is 39.6 Å². The van der Waals surface area contributed by atoms with E-state index in [-0.39, 0.29) is 17.5 Å². The van der Waals surface area contributed by atoms with Gasteiger partial charge in [-0.2, -0.15) is 0 Å². The minimum absolute atomic E-state index is 0.00605. The van der Waals surface area contributed by atoms with Gasteiger partial charge in [0.15, 0.2) is 0 Å². The summed E-state index contributed by atoms with van der Waals surface area (Å²) in [5.41, 5.74) is 13.9. The lowest BCUT2D eigenvalue weighted by Gasteiger charge is -2.34. The van der Waals surface area contributed by atoms with Crippen molar-refractivity contribution in [1.82, 2.24) is 0 Å². The molecular weight excluding hydrogens is 727 g/mol. The zero-order valence-corrected chi connectivity index (χ0v) is 34.7. The van der Waals surface area contributed by atoms with Crippen LogP contribution >= 0.6 is 0 Å². The Morgan fingerprint density at radius 1 is 0.350 bits per heavy atom. The van der Waals surface area contributed by atoms with E-state index in [1.54, 1.807) is 0 Å². The van der Waals surface area contributed by atoms with Gasteiger partial charge in [-0.25, -0.2) is 0 Å². The molecule has 0 aliphatic carbocycles. The van der Waals surface area contributed by atoms with Crippen LogP contribution in [0.15, 0.2) is 182 Å². The van der Waals surface area contributed by atoms with E-state index in [9.17, 15) is 0 Å². The van der Waals surface area contributed by atoms with Crippen LogP contribution in [0.3, 0.4) is 0 Å². The zero-order chi connectivity index (χ0) is 40.8. The summed E-state index contributed by atoms with van der Waals surface area (Å²) in [6, 6.07) is 66.5. The lowest BCUT2D eigenvalue weighted by atomic mass is 9.34. The van der Waals surface area contributed by atoms with Gasteiger partial charge in [-0.3, -0.25) is 0 Å². The maximum absolute atomic E-state index is 7.01. The molecule has 2 heterocycles. The number of hydrogen-bond acceptors (Lipinski definition) is 2. The summed E-state index contributed by atoms with van der Waals surface area (Å²) in [6.07, 6.45) is 0. The Balaban J connectivity index is 1.18. The fourth-order valence-corrected chi connectivity index (χ4v) is 9.75. The average Bonchev–Trinajstić information content (AvgIpc) is 3.27. The topological polar surface area (TPSA) is 18.5 Å². The van der Waals surface area contributed by atoms with E-state index in [1.165, 1.54) is 71.4 Å². The van der Waals surface area contributed by atoms with E-state index < -0.39 is 0 Å². The maximum atomic E-state index is 7.01. The van der Waals surface area contributed by atoms with Crippen molar-refractivity contribution in [2.24, 2.45) is 0 Å². The van der Waals surface area contributed by atoms with Crippen molar-refractivity contribution in [2.45, 2.75) is 45.4 Å². The Bertz CT molecular complexity index is 3100. The highest BCUT2D eigenvalue weighted by atomic mass is 16.5. The van der Waals surface area contributed by atoms with Gasteiger partial charge in [0.05, 0.1) is 0 Å². The molecule has 9 aromatic carbocycles. The quantitative estimate of drug-likeness (QED) is 0.128. The predicted molar refractivity (Wildman–Crippen MR) is 253 cm³/mol. The molecule has 288 valence electrons. The summed E-state index contributed by atoms with van der Waals surface area (Å²) in [5.74, 6) is 3.49. The molecule has 0 N–H and O–H groups in total. The molecule has 0 fully saturated rings. The summed E-state index contributed by atoms with van der Waals surface area (Å²) in [7, 11) is 0. The van der Waals surface area contributed by atoms with Crippen LogP contribution < -0.4 is 25.9 Å². The van der Waals surface area contributed by atoms with Gasteiger partial charge in [0, 0.05) is 10.9 Å². The molecule has 0 amide bonds. The summed E-state index contributed by atoms with van der Waals surface area (Å²) in [6.45, 7) is 11.5. The lowest BCUT2D eigenvalue weighted by Crippen LogP contribution is -2.57. The Morgan fingerprint density at radius 3 is 1.48 bits per heavy atom. The van der Waals surface area contributed by atoms with Crippen LogP contribution in [-0.2, 0) is 10.8 Å². The van der Waals surface area contributed by atoms with E-state index in [1.807, 2.05) is 0 Å². The molecule has 9 aromatic rings. The number of para-hydroxylation sites is 1. The Kier molecular flexibility index (Phi) is 8.23. The van der Waals surface area contributed by atoms with Crippen LogP contribution in [0.1, 0.15) is 51.3 Å². The molecule has 0 atom stereocenters. The standard InChI is InChI=1S/C57H45BO2/c1-56(2,3)41-28-29-48-50(35-41)60-52-34-38(33-51-55(52)58(48)47-26-16-17-27-49(47)59-51)37-30-39(32-42(31-37)57(4,5)40-20-10-7-11-21-40)54-45-24-14-12-22-43(45)53(36-18-8-6-9-19-36)44-23-13-15-25-46(44)54/h6-35H,1-5H3. The van der Waals surface area contributed by atoms with Crippen molar-refractivity contribution < 1.29 is 9.47 Å². The second kappa shape index (κ2) is 13.6. The van der Waals surface area contributed by atoms with E-state index >= 15 is 0 Å². The monoisotopic (exact) mass is 772 g/mol. The number of fused-ring (bicyclic) bond motifs is 6. The summed E-state index contributed by atoms with van der Waals surface area (Å²) in [4.78, 5) is 0. The Labute approximate surface area is 353 Å². The molecule has 0 saturated carbocycles. The molecule has 2 aliphatic rings. The summed E-state index contributed by atoms with van der Waals surface area (Å²) in [5, 5.41) is 4.94. The van der Waals surface area contributed by atoms with E-state index in [4.69, 9.17) is 9.47 Å². The summed E-state index contributed by atoms with van der Waals surface area (Å²) < 4.78 is 13.9. The van der Waals surface area contributed by atoms with Crippen molar-refractivity contribution in [3.8, 4) is 56.4 Å². The zero-order valence-electron chi connectivity index (χ0n) is 34.7. The molecule has 2 aliphatic heterocycles. The minimum Gasteiger partial charge on any atom is -0.458 e. The summed E-state index contributed by atoms with van der Waals surface area (Å²) >= 11 is 0. The molecule has 0 unspecified atom stereocenters. The molecule has 0 saturated heterocycles. The smallest absolute Gasteiger partial charge is 0.260 e. The third-order valence-corrected chi connectivity index (χ3v) is 13.0. The lowest BCUT2D eigenvalue weighted by molar-refractivity contribution is 0.463. The third kappa shape index (κ3) is 5.79. The second-order valence-corrected chi connectivity index (χ2v) is 18.1. The molecule has 0 aromatic heterocycles. The van der Waals surface area contributed by atoms with Crippen molar-refractivity contribution in [1.29, 1.82) is 0 Å². The molecule has 3 heteroatoms. The molecule has 0 spiro atoms. The first-order valence-electron chi connectivity index (χ1n) is 21.1. The number of benzene rings is 9. The SMILES string of the molecule is CC(C)(C)c1ccc2c(c1)Oc1cc(-c3cc(-c4c5ccccc5c(-c5ccccc5)c5ccccc45)cc(C(C)(C)c4ccccc4)c3)cc3c1B2c1ccccc1O3. The number of ether oxygens (including phenoxy) is 2. The van der Waals surface area contributed by atoms with Crippen LogP contribution in [0, 0.1) is 0 Å². The van der Waals surface area contributed by atoms with Crippen LogP contribution in [-0.4, -0.2) is 6.71 Å². The number of hydrogen-bond donors (Lipinski definition) is 0. The molecule has 2 nitrogen and oxygen atoms in total. The number of rotatable bonds is 5. The van der Waals surface area contributed by atoms with Gasteiger partial charge in [-0.15, -0.1) is 0 Å². The average molecular weight is 773 g/mol. The molecule has 11 rings (SSSR count). The largest absolute Gasteiger partial charge is 0.458 e. The van der Waals surface area contributed by atoms with Gasteiger partial charge < -0.3 is 9.47 Å². The first kappa shape index (κ1) is 36.3. The van der Waals surface area contributed by atoms with Crippen LogP contribution in [0.2, 0.25) is 0 Å². The highest BCUT2D eigenvalue weighted by Crippen LogP contribution is 2.47. The predicted octanol–water partition coefficient (Wildman–Crippen LogP) is 13.3. The van der Waals surface area contributed by atoms with E-state index in [0.29, 0.717) is 0 Å². The van der Waals surface area contributed by atoms with Crippen molar-refractivity contribution in [3.63, 3.8) is 0 Å². The normalized spacial score (nSPS) is 13.0. The molecular formula is C57H45BO2. The fraction of sp³-hybridized carbons (Fsp3) is 0.123. The van der Waals surface area contributed by atoms with Crippen molar-refractivity contribution in [3.05, 3.63) is 199 Å². The van der Waals surface area contributed by atoms with Gasteiger partial charge in [0.1, 0.15) is 23.0 Å². The molecule has 60 heavy (non-hydrogen) atoms. The van der Waals surface area contributed by atoms with E-state index in [2.05, 4.69) is 217 Å². The molecule has 0 bridgehead atoms. The van der Waals surface area contributed by atoms with Crippen LogP contribution in [0.25, 0.3) is 54.9 Å². The first-order chi connectivity index (χ1) is 29.1.